The summed E-state index contributed by atoms with van der Waals surface area (Å²) in [5, 5.41) is 2.71. The van der Waals surface area contributed by atoms with E-state index < -0.39 is 45.0 Å². The minimum atomic E-state index is -3.87. The second kappa shape index (κ2) is 13.4. The number of hydrogen-bond acceptors (Lipinski definition) is 6. The molecular formula is C30H44BClN2O5S. The summed E-state index contributed by atoms with van der Waals surface area (Å²) in [4.78, 5) is 12.3. The first-order valence-corrected chi connectivity index (χ1v) is 15.8. The van der Waals surface area contributed by atoms with Crippen LogP contribution >= 0.6 is 11.6 Å². The number of esters is 1. The molecule has 7 nitrogen and oxygen atoms in total. The molecule has 10 heteroatoms. The van der Waals surface area contributed by atoms with Crippen LogP contribution in [0.3, 0.4) is 0 Å². The van der Waals surface area contributed by atoms with Crippen molar-refractivity contribution in [3.8, 4) is 0 Å². The minimum Gasteiger partial charge on any atom is -0.468 e. The van der Waals surface area contributed by atoms with E-state index in [0.29, 0.717) is 17.9 Å². The molecule has 3 unspecified atom stereocenters. The van der Waals surface area contributed by atoms with Gasteiger partial charge in [0.1, 0.15) is 25.4 Å². The van der Waals surface area contributed by atoms with Crippen molar-refractivity contribution in [2.24, 2.45) is 11.3 Å². The van der Waals surface area contributed by atoms with Gasteiger partial charge in [-0.3, -0.25) is 10.1 Å². The quantitative estimate of drug-likeness (QED) is 0.182. The van der Waals surface area contributed by atoms with Crippen LogP contribution in [0.15, 0.2) is 59.2 Å². The van der Waals surface area contributed by atoms with Crippen molar-refractivity contribution < 1.29 is 22.7 Å². The van der Waals surface area contributed by atoms with Gasteiger partial charge in [-0.2, -0.15) is 4.31 Å². The highest BCUT2D eigenvalue weighted by atomic mass is 35.5. The number of methoxy groups -OCH3 is 1. The van der Waals surface area contributed by atoms with Crippen LogP contribution in [0, 0.1) is 11.3 Å². The summed E-state index contributed by atoms with van der Waals surface area (Å²) < 4.78 is 41.6. The number of rotatable bonds is 11. The molecule has 0 radical (unpaired) electrons. The number of carbonyl (C=O) groups is 1. The van der Waals surface area contributed by atoms with E-state index in [2.05, 4.69) is 5.32 Å². The molecule has 1 aromatic rings. The van der Waals surface area contributed by atoms with Gasteiger partial charge in [0.05, 0.1) is 19.8 Å². The molecule has 1 aromatic carbocycles. The zero-order chi connectivity index (χ0) is 29.8. The van der Waals surface area contributed by atoms with Crippen LogP contribution in [0.2, 0.25) is 0 Å². The van der Waals surface area contributed by atoms with E-state index >= 15 is 0 Å². The molecule has 1 aliphatic heterocycles. The van der Waals surface area contributed by atoms with Gasteiger partial charge in [-0.05, 0) is 48.3 Å². The van der Waals surface area contributed by atoms with Crippen LogP contribution in [0.4, 0.5) is 0 Å². The van der Waals surface area contributed by atoms with Gasteiger partial charge in [0.2, 0.25) is 10.0 Å². The van der Waals surface area contributed by atoms with Crippen LogP contribution < -0.4 is 10.8 Å². The lowest BCUT2D eigenvalue weighted by Gasteiger charge is -2.39. The molecule has 1 aliphatic carbocycles. The van der Waals surface area contributed by atoms with Crippen molar-refractivity contribution in [1.82, 2.24) is 9.62 Å². The summed E-state index contributed by atoms with van der Waals surface area (Å²) in [6.07, 6.45) is 7.80. The van der Waals surface area contributed by atoms with E-state index in [1.807, 2.05) is 85.8 Å². The number of allylic oxidation sites excluding steroid dienone is 3. The van der Waals surface area contributed by atoms with E-state index in [0.717, 1.165) is 16.6 Å². The van der Waals surface area contributed by atoms with Crippen molar-refractivity contribution in [3.05, 3.63) is 64.7 Å². The van der Waals surface area contributed by atoms with Crippen LogP contribution in [-0.4, -0.2) is 63.8 Å². The Morgan fingerprint density at radius 3 is 2.40 bits per heavy atom. The molecule has 5 atom stereocenters. The molecule has 0 aromatic heterocycles. The van der Waals surface area contributed by atoms with Crippen molar-refractivity contribution in [2.45, 2.75) is 84.0 Å². The maximum Gasteiger partial charge on any atom is 0.322 e. The van der Waals surface area contributed by atoms with Crippen molar-refractivity contribution in [3.63, 3.8) is 0 Å². The summed E-state index contributed by atoms with van der Waals surface area (Å²) in [5.74, 6) is -0.0487. The largest absolute Gasteiger partial charge is 0.468 e. The fourth-order valence-corrected chi connectivity index (χ4v) is 8.01. The summed E-state index contributed by atoms with van der Waals surface area (Å²) in [7, 11) is -0.487. The molecule has 3 rings (SSSR count). The molecule has 220 valence electrons. The lowest BCUT2D eigenvalue weighted by Crippen LogP contribution is -2.49. The zero-order valence-electron chi connectivity index (χ0n) is 25.0. The topological polar surface area (TPSA) is 84.9 Å². The van der Waals surface area contributed by atoms with Gasteiger partial charge >= 0.3 is 5.97 Å². The Labute approximate surface area is 246 Å². The third-order valence-corrected chi connectivity index (χ3v) is 10.1. The molecule has 1 N–H and O–H groups in total. The summed E-state index contributed by atoms with van der Waals surface area (Å²) >= 11 is 6.50. The van der Waals surface area contributed by atoms with Crippen molar-refractivity contribution >= 4 is 40.9 Å². The Hall–Kier alpha value is -1.91. The molecular weight excluding hydrogens is 547 g/mol. The average molecular weight is 591 g/mol. The second-order valence-electron chi connectivity index (χ2n) is 12.3. The second-order valence-corrected chi connectivity index (χ2v) is 14.7. The first-order chi connectivity index (χ1) is 18.7. The number of nitrogens with zero attached hydrogens (tertiary/aromatic N) is 1. The molecule has 2 aliphatic rings. The number of carbonyl (C=O) groups excluding carboxylic acids is 1. The Balaban J connectivity index is 1.98. The van der Waals surface area contributed by atoms with Gasteiger partial charge in [0.15, 0.2) is 0 Å². The SMILES string of the molecule is Bc1ccc(C2C(CO[C@H](C)N[C@@H](CC(C)C)C(=O)OC)=CC(C(C)(C)C)N2S(=O)(=O)C2CC=CC=C2Cl)cc1. The smallest absolute Gasteiger partial charge is 0.322 e. The van der Waals surface area contributed by atoms with Gasteiger partial charge in [0, 0.05) is 11.1 Å². The molecule has 40 heavy (non-hydrogen) atoms. The summed E-state index contributed by atoms with van der Waals surface area (Å²) in [6, 6.07) is 6.49. The van der Waals surface area contributed by atoms with Crippen LogP contribution in [0.5, 0.6) is 0 Å². The molecule has 0 fully saturated rings. The van der Waals surface area contributed by atoms with Crippen LogP contribution in [0.25, 0.3) is 0 Å². The fourth-order valence-electron chi connectivity index (χ4n) is 5.26. The molecule has 0 amide bonds. The van der Waals surface area contributed by atoms with Gasteiger partial charge in [-0.1, -0.05) is 94.2 Å². The van der Waals surface area contributed by atoms with Crippen molar-refractivity contribution in [2.75, 3.05) is 13.7 Å². The first kappa shape index (κ1) is 32.6. The Morgan fingerprint density at radius 2 is 1.85 bits per heavy atom. The van der Waals surface area contributed by atoms with Gasteiger partial charge in [-0.25, -0.2) is 8.42 Å². The monoisotopic (exact) mass is 590 g/mol. The number of ether oxygens (including phenoxy) is 2. The third kappa shape index (κ3) is 7.68. The van der Waals surface area contributed by atoms with Gasteiger partial charge < -0.3 is 9.47 Å². The highest BCUT2D eigenvalue weighted by molar-refractivity contribution is 7.90. The number of nitrogens with one attached hydrogen (secondary N) is 1. The molecule has 0 saturated carbocycles. The van der Waals surface area contributed by atoms with E-state index in [1.54, 1.807) is 16.5 Å². The fraction of sp³-hybridized carbons (Fsp3) is 0.567. The lowest BCUT2D eigenvalue weighted by molar-refractivity contribution is -0.145. The maximum atomic E-state index is 14.4. The van der Waals surface area contributed by atoms with E-state index in [9.17, 15) is 13.2 Å². The normalized spacial score (nSPS) is 23.6. The highest BCUT2D eigenvalue weighted by Crippen LogP contribution is 2.46. The Bertz CT molecular complexity index is 1240. The zero-order valence-corrected chi connectivity index (χ0v) is 26.6. The number of hydrogen-bond donors (Lipinski definition) is 1. The van der Waals surface area contributed by atoms with Gasteiger partial charge in [0.25, 0.3) is 0 Å². The number of halogens is 1. The first-order valence-electron chi connectivity index (χ1n) is 13.9. The predicted octanol–water partition coefficient (Wildman–Crippen LogP) is 3.96. The molecule has 1 heterocycles. The highest BCUT2D eigenvalue weighted by Gasteiger charge is 2.50. The number of benzene rings is 1. The van der Waals surface area contributed by atoms with E-state index in [-0.39, 0.29) is 18.5 Å². The lowest BCUT2D eigenvalue weighted by atomic mass is 9.87. The molecule has 0 saturated heterocycles. The minimum absolute atomic E-state index is 0.190. The van der Waals surface area contributed by atoms with E-state index in [4.69, 9.17) is 21.1 Å². The van der Waals surface area contributed by atoms with Gasteiger partial charge in [-0.15, -0.1) is 0 Å². The Morgan fingerprint density at radius 1 is 1.20 bits per heavy atom. The standard InChI is InChI=1S/C30H44BClN2O5S/c1-19(2)16-25(29(35)38-7)33-20(3)39-18-22-17-27(30(4,5)6)34(28(22)21-12-14-23(31)15-13-21)40(36,37)26-11-9-8-10-24(26)32/h8-10,12-15,17,19-20,25-28,33H,11,16,18,31H2,1-7H3/t20-,25+,26?,27?,28?/m1/s1. The molecule has 0 spiro atoms. The maximum absolute atomic E-state index is 14.4. The average Bonchev–Trinajstić information content (AvgIpc) is 3.28. The third-order valence-electron chi connectivity index (χ3n) is 7.36. The summed E-state index contributed by atoms with van der Waals surface area (Å²) in [5.41, 5.74) is 2.42. The van der Waals surface area contributed by atoms with Crippen molar-refractivity contribution in [1.29, 1.82) is 0 Å². The summed E-state index contributed by atoms with van der Waals surface area (Å²) in [6.45, 7) is 12.3. The van der Waals surface area contributed by atoms with E-state index in [1.165, 1.54) is 7.11 Å². The number of sulfonamides is 1. The molecule has 0 bridgehead atoms. The Kier molecular flexibility index (Phi) is 10.9. The predicted molar refractivity (Wildman–Crippen MR) is 165 cm³/mol. The van der Waals surface area contributed by atoms with Crippen LogP contribution in [-0.2, 0) is 24.3 Å². The van der Waals surface area contributed by atoms with Crippen LogP contribution in [0.1, 0.15) is 66.0 Å².